The number of benzene rings is 1. The quantitative estimate of drug-likeness (QED) is 0.852. The molecule has 1 aromatic heterocycles. The minimum absolute atomic E-state index is 0.180. The van der Waals surface area contributed by atoms with Crippen molar-refractivity contribution in [1.29, 1.82) is 0 Å². The lowest BCUT2D eigenvalue weighted by molar-refractivity contribution is -0.131. The highest BCUT2D eigenvalue weighted by atomic mass is 32.1. The van der Waals surface area contributed by atoms with E-state index >= 15 is 0 Å². The maximum absolute atomic E-state index is 12.5. The van der Waals surface area contributed by atoms with Gasteiger partial charge in [0.2, 0.25) is 5.91 Å². The van der Waals surface area contributed by atoms with E-state index in [1.165, 1.54) is 23.3 Å². The molecular weight excluding hydrogens is 280 g/mol. The largest absolute Gasteiger partial charge is 0.332 e. The van der Waals surface area contributed by atoms with Gasteiger partial charge in [-0.2, -0.15) is 0 Å². The monoisotopic (exact) mass is 300 g/mol. The number of hydrogen-bond acceptors (Lipinski definition) is 3. The van der Waals surface area contributed by atoms with Gasteiger partial charge in [-0.3, -0.25) is 4.79 Å². The van der Waals surface area contributed by atoms with Crippen LogP contribution in [0.5, 0.6) is 0 Å². The molecule has 1 aliphatic rings. The number of thiophene rings is 1. The van der Waals surface area contributed by atoms with Crippen molar-refractivity contribution in [3.05, 3.63) is 58.3 Å². The molecule has 4 heteroatoms. The third-order valence-corrected chi connectivity index (χ3v) is 4.48. The first kappa shape index (κ1) is 14.3. The number of amides is 1. The first-order valence-electron chi connectivity index (χ1n) is 7.39. The standard InChI is InChI=1S/C17H20N2OS/c20-17(11-18-15-8-9-15)19(13-16-7-4-10-21-16)12-14-5-2-1-3-6-14/h1-7,10,15,18H,8-9,11-13H2. The van der Waals surface area contributed by atoms with E-state index in [9.17, 15) is 4.79 Å². The van der Waals surface area contributed by atoms with Gasteiger partial charge in [-0.25, -0.2) is 0 Å². The molecule has 2 aromatic rings. The fourth-order valence-corrected chi connectivity index (χ4v) is 2.98. The molecule has 0 radical (unpaired) electrons. The van der Waals surface area contributed by atoms with Crippen LogP contribution < -0.4 is 5.32 Å². The van der Waals surface area contributed by atoms with Crippen LogP contribution in [0, 0.1) is 0 Å². The molecule has 0 spiro atoms. The summed E-state index contributed by atoms with van der Waals surface area (Å²) in [6.45, 7) is 1.81. The summed E-state index contributed by atoms with van der Waals surface area (Å²) < 4.78 is 0. The van der Waals surface area contributed by atoms with Gasteiger partial charge in [-0.1, -0.05) is 36.4 Å². The van der Waals surface area contributed by atoms with Crippen molar-refractivity contribution in [2.45, 2.75) is 32.0 Å². The third kappa shape index (κ3) is 4.41. The molecule has 1 aromatic carbocycles. The highest BCUT2D eigenvalue weighted by Crippen LogP contribution is 2.19. The van der Waals surface area contributed by atoms with Crippen LogP contribution in [-0.2, 0) is 17.9 Å². The van der Waals surface area contributed by atoms with Gasteiger partial charge in [-0.15, -0.1) is 11.3 Å². The number of carbonyl (C=O) groups excluding carboxylic acids is 1. The summed E-state index contributed by atoms with van der Waals surface area (Å²) in [5.41, 5.74) is 1.17. The fourth-order valence-electron chi connectivity index (χ4n) is 2.26. The second-order valence-corrected chi connectivity index (χ2v) is 6.50. The molecule has 110 valence electrons. The molecule has 1 saturated carbocycles. The zero-order valence-corrected chi connectivity index (χ0v) is 12.8. The third-order valence-electron chi connectivity index (χ3n) is 3.62. The molecule has 1 aliphatic carbocycles. The molecular formula is C17H20N2OS. The van der Waals surface area contributed by atoms with Gasteiger partial charge in [0.15, 0.2) is 0 Å². The number of hydrogen-bond donors (Lipinski definition) is 1. The van der Waals surface area contributed by atoms with Gasteiger partial charge < -0.3 is 10.2 Å². The maximum atomic E-state index is 12.5. The van der Waals surface area contributed by atoms with Gasteiger partial charge in [0, 0.05) is 17.5 Å². The van der Waals surface area contributed by atoms with Crippen molar-refractivity contribution in [2.75, 3.05) is 6.54 Å². The molecule has 1 amide bonds. The maximum Gasteiger partial charge on any atom is 0.237 e. The van der Waals surface area contributed by atoms with Crippen molar-refractivity contribution in [2.24, 2.45) is 0 Å². The smallest absolute Gasteiger partial charge is 0.237 e. The summed E-state index contributed by atoms with van der Waals surface area (Å²) >= 11 is 1.70. The predicted molar refractivity (Wildman–Crippen MR) is 86.0 cm³/mol. The predicted octanol–water partition coefficient (Wildman–Crippen LogP) is 3.03. The van der Waals surface area contributed by atoms with Crippen LogP contribution in [0.25, 0.3) is 0 Å². The molecule has 21 heavy (non-hydrogen) atoms. The Kier molecular flexibility index (Phi) is 4.68. The zero-order valence-electron chi connectivity index (χ0n) is 12.0. The van der Waals surface area contributed by atoms with Crippen LogP contribution in [0.3, 0.4) is 0 Å². The SMILES string of the molecule is O=C(CNC1CC1)N(Cc1ccccc1)Cc1cccs1. The van der Waals surface area contributed by atoms with Gasteiger partial charge in [0.25, 0.3) is 0 Å². The first-order valence-corrected chi connectivity index (χ1v) is 8.27. The van der Waals surface area contributed by atoms with Crippen LogP contribution in [0.4, 0.5) is 0 Å². The van der Waals surface area contributed by atoms with Gasteiger partial charge in [0.1, 0.15) is 0 Å². The van der Waals surface area contributed by atoms with Crippen LogP contribution in [0.15, 0.2) is 47.8 Å². The van der Waals surface area contributed by atoms with E-state index in [1.54, 1.807) is 11.3 Å². The number of rotatable bonds is 7. The summed E-state index contributed by atoms with van der Waals surface area (Å²) in [5.74, 6) is 0.180. The summed E-state index contributed by atoms with van der Waals surface area (Å²) in [6, 6.07) is 14.9. The Morgan fingerprint density at radius 2 is 1.95 bits per heavy atom. The van der Waals surface area contributed by atoms with Crippen LogP contribution in [-0.4, -0.2) is 23.4 Å². The molecule has 1 heterocycles. The molecule has 3 nitrogen and oxygen atoms in total. The van der Waals surface area contributed by atoms with E-state index in [1.807, 2.05) is 29.2 Å². The van der Waals surface area contributed by atoms with Crippen LogP contribution in [0.2, 0.25) is 0 Å². The average Bonchev–Trinajstić information content (AvgIpc) is 3.20. The number of carbonyl (C=O) groups is 1. The zero-order chi connectivity index (χ0) is 14.5. The Bertz CT molecular complexity index is 564. The molecule has 3 rings (SSSR count). The number of nitrogens with one attached hydrogen (secondary N) is 1. The second-order valence-electron chi connectivity index (χ2n) is 5.47. The van der Waals surface area contributed by atoms with Crippen molar-refractivity contribution in [3.63, 3.8) is 0 Å². The summed E-state index contributed by atoms with van der Waals surface area (Å²) in [4.78, 5) is 15.6. The molecule has 0 atom stereocenters. The Morgan fingerprint density at radius 1 is 1.14 bits per heavy atom. The summed E-state index contributed by atoms with van der Waals surface area (Å²) in [7, 11) is 0. The van der Waals surface area contributed by atoms with Crippen molar-refractivity contribution >= 4 is 17.2 Å². The first-order chi connectivity index (χ1) is 10.3. The lowest BCUT2D eigenvalue weighted by Crippen LogP contribution is -2.38. The lowest BCUT2D eigenvalue weighted by atomic mass is 10.2. The van der Waals surface area contributed by atoms with E-state index in [0.29, 0.717) is 25.7 Å². The second kappa shape index (κ2) is 6.87. The molecule has 1 N–H and O–H groups in total. The Morgan fingerprint density at radius 3 is 2.62 bits per heavy atom. The van der Waals surface area contributed by atoms with Crippen LogP contribution in [0.1, 0.15) is 23.3 Å². The minimum Gasteiger partial charge on any atom is -0.332 e. The highest BCUT2D eigenvalue weighted by molar-refractivity contribution is 7.09. The molecule has 0 bridgehead atoms. The summed E-state index contributed by atoms with van der Waals surface area (Å²) in [5, 5.41) is 5.37. The van der Waals surface area contributed by atoms with Crippen molar-refractivity contribution in [1.82, 2.24) is 10.2 Å². The van der Waals surface area contributed by atoms with E-state index in [2.05, 4.69) is 28.9 Å². The topological polar surface area (TPSA) is 32.3 Å². The van der Waals surface area contributed by atoms with Gasteiger partial charge >= 0.3 is 0 Å². The number of nitrogens with zero attached hydrogens (tertiary/aromatic N) is 1. The van der Waals surface area contributed by atoms with Gasteiger partial charge in [0.05, 0.1) is 13.1 Å². The average molecular weight is 300 g/mol. The van der Waals surface area contributed by atoms with Crippen molar-refractivity contribution < 1.29 is 4.79 Å². The molecule has 0 aliphatic heterocycles. The Hall–Kier alpha value is -1.65. The molecule has 0 saturated heterocycles. The highest BCUT2D eigenvalue weighted by Gasteiger charge is 2.23. The fraction of sp³-hybridized carbons (Fsp3) is 0.353. The Labute approximate surface area is 129 Å². The van der Waals surface area contributed by atoms with E-state index < -0.39 is 0 Å². The van der Waals surface area contributed by atoms with Crippen molar-refractivity contribution in [3.8, 4) is 0 Å². The normalized spacial score (nSPS) is 14.1. The van der Waals surface area contributed by atoms with Crippen LogP contribution >= 0.6 is 11.3 Å². The minimum atomic E-state index is 0.180. The van der Waals surface area contributed by atoms with Gasteiger partial charge in [-0.05, 0) is 29.9 Å². The molecule has 1 fully saturated rings. The Balaban J connectivity index is 1.65. The van der Waals surface area contributed by atoms with E-state index in [-0.39, 0.29) is 5.91 Å². The lowest BCUT2D eigenvalue weighted by Gasteiger charge is -2.22. The summed E-state index contributed by atoms with van der Waals surface area (Å²) in [6.07, 6.45) is 2.41. The molecule has 0 unspecified atom stereocenters. The van der Waals surface area contributed by atoms with E-state index in [4.69, 9.17) is 0 Å². The van der Waals surface area contributed by atoms with E-state index in [0.717, 1.165) is 0 Å².